The highest BCUT2D eigenvalue weighted by Crippen LogP contribution is 2.77. The Morgan fingerprint density at radius 2 is 1.78 bits per heavy atom. The molecule has 2 atom stereocenters. The highest BCUT2D eigenvalue weighted by atomic mass is 16.6. The first-order chi connectivity index (χ1) is 10.9. The molecular weight excluding hydrogens is 292 g/mol. The Balaban J connectivity index is 1.91. The predicted molar refractivity (Wildman–Crippen MR) is 86.5 cm³/mol. The first-order valence-electron chi connectivity index (χ1n) is 8.67. The fourth-order valence-electron chi connectivity index (χ4n) is 4.74. The van der Waals surface area contributed by atoms with Gasteiger partial charge in [-0.05, 0) is 50.4 Å². The molecule has 0 aromatic heterocycles. The molecule has 0 heterocycles. The largest absolute Gasteiger partial charge is 0.465 e. The lowest BCUT2D eigenvalue weighted by molar-refractivity contribution is -0.168. The Kier molecular flexibility index (Phi) is 3.89. The minimum atomic E-state index is -1.31. The van der Waals surface area contributed by atoms with E-state index in [1.165, 1.54) is 24.8 Å². The summed E-state index contributed by atoms with van der Waals surface area (Å²) in [7, 11) is 0. The quantitative estimate of drug-likeness (QED) is 0.574. The summed E-state index contributed by atoms with van der Waals surface area (Å²) in [6, 6.07) is 0. The summed E-state index contributed by atoms with van der Waals surface area (Å²) in [5, 5.41) is 0. The maximum Gasteiger partial charge on any atom is 0.327 e. The van der Waals surface area contributed by atoms with Crippen molar-refractivity contribution in [2.45, 2.75) is 52.9 Å². The molecule has 2 fully saturated rings. The van der Waals surface area contributed by atoms with Crippen molar-refractivity contribution in [1.82, 2.24) is 0 Å². The maximum absolute atomic E-state index is 12.6. The van der Waals surface area contributed by atoms with Crippen LogP contribution in [0, 0.1) is 16.2 Å². The van der Waals surface area contributed by atoms with E-state index < -0.39 is 17.4 Å². The summed E-state index contributed by atoms with van der Waals surface area (Å²) in [5.41, 5.74) is 0.444. The van der Waals surface area contributed by atoms with Crippen LogP contribution in [0.5, 0.6) is 0 Å². The van der Waals surface area contributed by atoms with Gasteiger partial charge in [0.2, 0.25) is 0 Å². The van der Waals surface area contributed by atoms with Crippen LogP contribution < -0.4 is 0 Å². The monoisotopic (exact) mass is 318 g/mol. The number of carbonyl (C=O) groups is 2. The molecule has 3 rings (SSSR count). The van der Waals surface area contributed by atoms with Gasteiger partial charge in [0, 0.05) is 0 Å². The number of fused-ring (bicyclic) bond motifs is 1. The van der Waals surface area contributed by atoms with Crippen LogP contribution in [0.15, 0.2) is 23.8 Å². The summed E-state index contributed by atoms with van der Waals surface area (Å²) in [4.78, 5) is 25.2. The molecule has 23 heavy (non-hydrogen) atoms. The van der Waals surface area contributed by atoms with Crippen molar-refractivity contribution in [3.8, 4) is 0 Å². The third kappa shape index (κ3) is 2.26. The molecular formula is C19H26O4. The number of allylic oxidation sites excluding steroid dienone is 3. The van der Waals surface area contributed by atoms with E-state index in [-0.39, 0.29) is 18.6 Å². The zero-order valence-electron chi connectivity index (χ0n) is 14.3. The lowest BCUT2D eigenvalue weighted by Gasteiger charge is -2.32. The van der Waals surface area contributed by atoms with Gasteiger partial charge in [-0.15, -0.1) is 0 Å². The molecule has 2 unspecified atom stereocenters. The van der Waals surface area contributed by atoms with Crippen molar-refractivity contribution in [1.29, 1.82) is 0 Å². The van der Waals surface area contributed by atoms with Crippen molar-refractivity contribution in [2.24, 2.45) is 16.2 Å². The molecule has 2 saturated carbocycles. The van der Waals surface area contributed by atoms with Crippen LogP contribution in [0.4, 0.5) is 0 Å². The second-order valence-corrected chi connectivity index (χ2v) is 7.31. The number of carbonyl (C=O) groups excluding carboxylic acids is 2. The van der Waals surface area contributed by atoms with Crippen LogP contribution in [0.2, 0.25) is 0 Å². The average Bonchev–Trinajstić information content (AvgIpc) is 3.00. The standard InChI is InChI=1S/C19H26O4/c1-4-22-15(20)18(16(21)23-5-2)10-6-8-14(12-18)19-11-7-9-17(19,3)13-19/h6,8,10H,4-5,7,9,11-13H2,1-3H3. The van der Waals surface area contributed by atoms with E-state index in [1.54, 1.807) is 19.9 Å². The second kappa shape index (κ2) is 5.50. The third-order valence-electron chi connectivity index (χ3n) is 6.10. The summed E-state index contributed by atoms with van der Waals surface area (Å²) in [6.07, 6.45) is 10.8. The van der Waals surface area contributed by atoms with E-state index in [0.29, 0.717) is 11.8 Å². The van der Waals surface area contributed by atoms with E-state index in [4.69, 9.17) is 9.47 Å². The Labute approximate surface area is 137 Å². The summed E-state index contributed by atoms with van der Waals surface area (Å²) in [6.45, 7) is 6.36. The van der Waals surface area contributed by atoms with Gasteiger partial charge in [0.1, 0.15) is 0 Å². The molecule has 4 heteroatoms. The third-order valence-corrected chi connectivity index (χ3v) is 6.10. The minimum Gasteiger partial charge on any atom is -0.465 e. The van der Waals surface area contributed by atoms with Gasteiger partial charge < -0.3 is 9.47 Å². The van der Waals surface area contributed by atoms with Crippen LogP contribution in [0.3, 0.4) is 0 Å². The van der Waals surface area contributed by atoms with Gasteiger partial charge in [0.15, 0.2) is 5.41 Å². The normalized spacial score (nSPS) is 33.6. The molecule has 126 valence electrons. The molecule has 3 aliphatic carbocycles. The van der Waals surface area contributed by atoms with Crippen LogP contribution in [0.1, 0.15) is 52.9 Å². The number of hydrogen-bond acceptors (Lipinski definition) is 4. The molecule has 0 amide bonds. The minimum absolute atomic E-state index is 0.183. The van der Waals surface area contributed by atoms with Crippen LogP contribution in [0.25, 0.3) is 0 Å². The molecule has 0 aromatic rings. The van der Waals surface area contributed by atoms with Gasteiger partial charge in [0.25, 0.3) is 0 Å². The van der Waals surface area contributed by atoms with E-state index in [1.807, 2.05) is 6.08 Å². The maximum atomic E-state index is 12.6. The molecule has 0 N–H and O–H groups in total. The summed E-state index contributed by atoms with van der Waals surface area (Å²) < 4.78 is 10.4. The molecule has 0 saturated heterocycles. The average molecular weight is 318 g/mol. The molecule has 0 spiro atoms. The number of rotatable bonds is 5. The van der Waals surface area contributed by atoms with Gasteiger partial charge >= 0.3 is 11.9 Å². The van der Waals surface area contributed by atoms with Crippen molar-refractivity contribution in [3.63, 3.8) is 0 Å². The topological polar surface area (TPSA) is 52.6 Å². The van der Waals surface area contributed by atoms with Crippen molar-refractivity contribution in [3.05, 3.63) is 23.8 Å². The van der Waals surface area contributed by atoms with Crippen molar-refractivity contribution >= 4 is 11.9 Å². The highest BCUT2D eigenvalue weighted by Gasteiger charge is 2.69. The van der Waals surface area contributed by atoms with Crippen LogP contribution in [-0.4, -0.2) is 25.2 Å². The predicted octanol–water partition coefficient (Wildman–Crippen LogP) is 3.57. The lowest BCUT2D eigenvalue weighted by atomic mass is 9.72. The number of ether oxygens (including phenoxy) is 2. The molecule has 0 radical (unpaired) electrons. The van der Waals surface area contributed by atoms with Gasteiger partial charge in [0.05, 0.1) is 13.2 Å². The Morgan fingerprint density at radius 3 is 2.26 bits per heavy atom. The van der Waals surface area contributed by atoms with Crippen molar-refractivity contribution in [2.75, 3.05) is 13.2 Å². The summed E-state index contributed by atoms with van der Waals surface area (Å²) >= 11 is 0. The SMILES string of the molecule is CCOC(=O)C1(C(=O)OCC)C=CC=C(C23CCCC2(C)C3)C1. The zero-order chi connectivity index (χ0) is 16.7. The van der Waals surface area contributed by atoms with E-state index in [2.05, 4.69) is 13.0 Å². The first kappa shape index (κ1) is 16.3. The Hall–Kier alpha value is -1.58. The zero-order valence-corrected chi connectivity index (χ0v) is 14.3. The fourth-order valence-corrected chi connectivity index (χ4v) is 4.74. The van der Waals surface area contributed by atoms with Gasteiger partial charge in [-0.3, -0.25) is 9.59 Å². The van der Waals surface area contributed by atoms with Crippen LogP contribution in [-0.2, 0) is 19.1 Å². The molecule has 0 bridgehead atoms. The van der Waals surface area contributed by atoms with Gasteiger partial charge in [-0.2, -0.15) is 0 Å². The van der Waals surface area contributed by atoms with Crippen LogP contribution >= 0.6 is 0 Å². The molecule has 0 aromatic carbocycles. The fraction of sp³-hybridized carbons (Fsp3) is 0.684. The van der Waals surface area contributed by atoms with Gasteiger partial charge in [-0.25, -0.2) is 0 Å². The Morgan fingerprint density at radius 1 is 1.13 bits per heavy atom. The summed E-state index contributed by atoms with van der Waals surface area (Å²) in [5.74, 6) is -0.978. The number of hydrogen-bond donors (Lipinski definition) is 0. The smallest absolute Gasteiger partial charge is 0.327 e. The molecule has 4 nitrogen and oxygen atoms in total. The molecule has 0 aliphatic heterocycles. The van der Waals surface area contributed by atoms with E-state index >= 15 is 0 Å². The Bertz CT molecular complexity index is 566. The number of esters is 2. The second-order valence-electron chi connectivity index (χ2n) is 7.31. The lowest BCUT2D eigenvalue weighted by Crippen LogP contribution is -2.42. The first-order valence-corrected chi connectivity index (χ1v) is 8.67. The van der Waals surface area contributed by atoms with Crippen molar-refractivity contribution < 1.29 is 19.1 Å². The van der Waals surface area contributed by atoms with E-state index in [0.717, 1.165) is 6.42 Å². The molecule has 3 aliphatic rings. The highest BCUT2D eigenvalue weighted by molar-refractivity contribution is 6.03. The van der Waals surface area contributed by atoms with Gasteiger partial charge in [-0.1, -0.05) is 37.1 Å². The van der Waals surface area contributed by atoms with E-state index in [9.17, 15) is 9.59 Å².